The summed E-state index contributed by atoms with van der Waals surface area (Å²) in [6.45, 7) is 1.51. The van der Waals surface area contributed by atoms with E-state index in [4.69, 9.17) is 9.29 Å². The normalized spacial score (nSPS) is 13.9. The third kappa shape index (κ3) is 4.56. The molecule has 0 aliphatic carbocycles. The Kier molecular flexibility index (Phi) is 5.20. The Labute approximate surface area is 122 Å². The largest absolute Gasteiger partial charge is 0.504 e. The van der Waals surface area contributed by atoms with E-state index in [-0.39, 0.29) is 23.3 Å². The summed E-state index contributed by atoms with van der Waals surface area (Å²) in [6.07, 6.45) is 0.0259. The highest BCUT2D eigenvalue weighted by atomic mass is 32.2. The summed E-state index contributed by atoms with van der Waals surface area (Å²) >= 11 is 0. The van der Waals surface area contributed by atoms with Crippen molar-refractivity contribution in [3.63, 3.8) is 0 Å². The van der Waals surface area contributed by atoms with Gasteiger partial charge in [0.25, 0.3) is 20.2 Å². The fraction of sp³-hybridized carbons (Fsp3) is 0.455. The first-order valence-electron chi connectivity index (χ1n) is 5.80. The van der Waals surface area contributed by atoms with Crippen LogP contribution in [-0.4, -0.2) is 38.2 Å². The minimum Gasteiger partial charge on any atom is -0.504 e. The topological polar surface area (TPSA) is 138 Å². The van der Waals surface area contributed by atoms with Crippen LogP contribution in [0.1, 0.15) is 29.7 Å². The molecule has 0 aliphatic rings. The molecule has 1 unspecified atom stereocenters. The van der Waals surface area contributed by atoms with Gasteiger partial charge >= 0.3 is 0 Å². The fourth-order valence-electron chi connectivity index (χ4n) is 1.96. The van der Waals surface area contributed by atoms with Gasteiger partial charge in [0, 0.05) is 5.56 Å². The molecular formula is C11H16O8S2. The lowest BCUT2D eigenvalue weighted by Gasteiger charge is -2.16. The third-order valence-corrected chi connectivity index (χ3v) is 4.84. The first-order chi connectivity index (χ1) is 9.49. The van der Waals surface area contributed by atoms with Crippen molar-refractivity contribution >= 4 is 20.2 Å². The van der Waals surface area contributed by atoms with Crippen molar-refractivity contribution in [1.29, 1.82) is 0 Å². The maximum atomic E-state index is 11.3. The maximum Gasteiger partial charge on any atom is 0.271 e. The van der Waals surface area contributed by atoms with Crippen LogP contribution < -0.4 is 4.74 Å². The molecule has 0 fully saturated rings. The molecule has 0 aromatic heterocycles. The number of rotatable bonds is 6. The SMILES string of the molecule is CCC(c1cc(CS(=O)(=O)O)c(O)c(OC)c1)S(=O)(=O)O. The van der Waals surface area contributed by atoms with Gasteiger partial charge < -0.3 is 9.84 Å². The van der Waals surface area contributed by atoms with E-state index < -0.39 is 37.0 Å². The molecule has 0 saturated carbocycles. The van der Waals surface area contributed by atoms with Crippen LogP contribution in [0.4, 0.5) is 0 Å². The first-order valence-corrected chi connectivity index (χ1v) is 8.92. The number of hydrogen-bond donors (Lipinski definition) is 3. The average molecular weight is 340 g/mol. The van der Waals surface area contributed by atoms with E-state index in [0.29, 0.717) is 0 Å². The van der Waals surface area contributed by atoms with Crippen molar-refractivity contribution in [2.45, 2.75) is 24.3 Å². The smallest absolute Gasteiger partial charge is 0.271 e. The summed E-state index contributed by atoms with van der Waals surface area (Å²) < 4.78 is 67.4. The molecular weight excluding hydrogens is 324 g/mol. The predicted octanol–water partition coefficient (Wildman–Crippen LogP) is 1.13. The van der Waals surface area contributed by atoms with Gasteiger partial charge in [-0.1, -0.05) is 6.92 Å². The summed E-state index contributed by atoms with van der Waals surface area (Å²) in [5, 5.41) is 8.52. The van der Waals surface area contributed by atoms with Crippen molar-refractivity contribution in [1.82, 2.24) is 0 Å². The lowest BCUT2D eigenvalue weighted by Crippen LogP contribution is -2.12. The molecule has 0 radical (unpaired) electrons. The molecule has 1 aromatic rings. The molecule has 0 bridgehead atoms. The number of aromatic hydroxyl groups is 1. The standard InChI is InChI=1S/C11H16O8S2/c1-3-10(21(16,17)18)7-4-8(6-20(13,14)15)11(12)9(5-7)19-2/h4-5,10,12H,3,6H2,1-2H3,(H,13,14,15)(H,16,17,18). The van der Waals surface area contributed by atoms with Crippen LogP contribution in [-0.2, 0) is 26.0 Å². The second-order valence-electron chi connectivity index (χ2n) is 4.37. The Morgan fingerprint density at radius 1 is 1.19 bits per heavy atom. The van der Waals surface area contributed by atoms with E-state index in [1.54, 1.807) is 0 Å². The van der Waals surface area contributed by atoms with Crippen LogP contribution in [0, 0.1) is 0 Å². The average Bonchev–Trinajstić information content (AvgIpc) is 2.30. The second-order valence-corrected chi connectivity index (χ2v) is 7.42. The highest BCUT2D eigenvalue weighted by Crippen LogP contribution is 2.37. The van der Waals surface area contributed by atoms with E-state index in [1.165, 1.54) is 20.1 Å². The molecule has 8 nitrogen and oxygen atoms in total. The van der Waals surface area contributed by atoms with Crippen molar-refractivity contribution in [3.05, 3.63) is 23.3 Å². The Bertz CT molecular complexity index is 721. The minimum absolute atomic E-state index is 0.0259. The third-order valence-electron chi connectivity index (χ3n) is 2.84. The molecule has 1 atom stereocenters. The van der Waals surface area contributed by atoms with Crippen LogP contribution in [0.25, 0.3) is 0 Å². The van der Waals surface area contributed by atoms with E-state index in [9.17, 15) is 26.5 Å². The Balaban J connectivity index is 3.52. The number of methoxy groups -OCH3 is 1. The highest BCUT2D eigenvalue weighted by Gasteiger charge is 2.26. The molecule has 120 valence electrons. The molecule has 0 amide bonds. The summed E-state index contributed by atoms with van der Waals surface area (Å²) in [5.41, 5.74) is -0.178. The number of phenolic OH excluding ortho intramolecular Hbond substituents is 1. The molecule has 0 spiro atoms. The molecule has 3 N–H and O–H groups in total. The molecule has 10 heteroatoms. The van der Waals surface area contributed by atoms with Crippen LogP contribution in [0.2, 0.25) is 0 Å². The van der Waals surface area contributed by atoms with Gasteiger partial charge in [0.1, 0.15) is 11.0 Å². The summed E-state index contributed by atoms with van der Waals surface area (Å²) in [4.78, 5) is 0. The Morgan fingerprint density at radius 3 is 2.14 bits per heavy atom. The van der Waals surface area contributed by atoms with Gasteiger partial charge in [0.15, 0.2) is 11.5 Å². The summed E-state index contributed by atoms with van der Waals surface area (Å²) in [7, 11) is -7.65. The maximum absolute atomic E-state index is 11.3. The van der Waals surface area contributed by atoms with Crippen molar-refractivity contribution in [2.24, 2.45) is 0 Å². The van der Waals surface area contributed by atoms with Crippen molar-refractivity contribution < 1.29 is 35.8 Å². The number of hydrogen-bond acceptors (Lipinski definition) is 6. The quantitative estimate of drug-likeness (QED) is 0.655. The summed E-state index contributed by atoms with van der Waals surface area (Å²) in [6, 6.07) is 2.28. The lowest BCUT2D eigenvalue weighted by atomic mass is 10.1. The fourth-order valence-corrected chi connectivity index (χ4v) is 3.47. The van der Waals surface area contributed by atoms with Gasteiger partial charge in [-0.05, 0) is 24.1 Å². The molecule has 21 heavy (non-hydrogen) atoms. The zero-order valence-electron chi connectivity index (χ0n) is 11.3. The van der Waals surface area contributed by atoms with Crippen molar-refractivity contribution in [3.8, 4) is 11.5 Å². The van der Waals surface area contributed by atoms with E-state index in [2.05, 4.69) is 0 Å². The van der Waals surface area contributed by atoms with Crippen LogP contribution in [0.15, 0.2) is 12.1 Å². The zero-order chi connectivity index (χ0) is 16.4. The van der Waals surface area contributed by atoms with E-state index >= 15 is 0 Å². The Hall–Kier alpha value is -1.36. The molecule has 0 saturated heterocycles. The minimum atomic E-state index is -4.44. The highest BCUT2D eigenvalue weighted by molar-refractivity contribution is 7.86. The molecule has 1 rings (SSSR count). The first kappa shape index (κ1) is 17.7. The van der Waals surface area contributed by atoms with E-state index in [0.717, 1.165) is 6.07 Å². The second kappa shape index (κ2) is 6.18. The predicted molar refractivity (Wildman–Crippen MR) is 74.5 cm³/mol. The van der Waals surface area contributed by atoms with Gasteiger partial charge in [-0.25, -0.2) is 0 Å². The monoisotopic (exact) mass is 340 g/mol. The van der Waals surface area contributed by atoms with Crippen LogP contribution >= 0.6 is 0 Å². The molecule has 1 aromatic carbocycles. The Morgan fingerprint density at radius 2 is 1.76 bits per heavy atom. The number of benzene rings is 1. The number of phenols is 1. The van der Waals surface area contributed by atoms with Crippen LogP contribution in [0.5, 0.6) is 11.5 Å². The lowest BCUT2D eigenvalue weighted by molar-refractivity contribution is 0.370. The van der Waals surface area contributed by atoms with Gasteiger partial charge in [0.2, 0.25) is 0 Å². The van der Waals surface area contributed by atoms with Gasteiger partial charge in [-0.3, -0.25) is 9.11 Å². The molecule has 0 heterocycles. The van der Waals surface area contributed by atoms with Crippen LogP contribution in [0.3, 0.4) is 0 Å². The van der Waals surface area contributed by atoms with Gasteiger partial charge in [0.05, 0.1) is 7.11 Å². The van der Waals surface area contributed by atoms with E-state index in [1.807, 2.05) is 0 Å². The van der Waals surface area contributed by atoms with Gasteiger partial charge in [-0.2, -0.15) is 16.8 Å². The zero-order valence-corrected chi connectivity index (χ0v) is 13.0. The van der Waals surface area contributed by atoms with Gasteiger partial charge in [-0.15, -0.1) is 0 Å². The summed E-state index contributed by atoms with van der Waals surface area (Å²) in [5.74, 6) is -1.59. The number of ether oxygens (including phenoxy) is 1. The van der Waals surface area contributed by atoms with Crippen molar-refractivity contribution in [2.75, 3.05) is 7.11 Å². The molecule has 0 aliphatic heterocycles.